The Balaban J connectivity index is 2.99. The quantitative estimate of drug-likeness (QED) is 0.780. The highest BCUT2D eigenvalue weighted by Crippen LogP contribution is 2.19. The Morgan fingerprint density at radius 3 is 2.72 bits per heavy atom. The topological polar surface area (TPSA) is 61.2 Å². The van der Waals surface area contributed by atoms with Gasteiger partial charge in [-0.15, -0.1) is 11.6 Å². The van der Waals surface area contributed by atoms with Crippen LogP contribution in [0.25, 0.3) is 0 Å². The summed E-state index contributed by atoms with van der Waals surface area (Å²) in [4.78, 5) is 0. The molecule has 1 aromatic carbocycles. The fraction of sp³-hybridized carbons (Fsp3) is 0.417. The lowest BCUT2D eigenvalue weighted by Gasteiger charge is -2.21. The van der Waals surface area contributed by atoms with Crippen LogP contribution in [0.1, 0.15) is 12.5 Å². The highest BCUT2D eigenvalue weighted by molar-refractivity contribution is 7.92. The van der Waals surface area contributed by atoms with Crippen LogP contribution >= 0.6 is 11.6 Å². The standard InChI is InChI=1S/C12H15ClN2O2S/c1-10(7-13)9-18(16,17)15(2)12-5-3-4-11(6-12)8-14/h3-6,10H,7,9H2,1-2H3. The summed E-state index contributed by atoms with van der Waals surface area (Å²) in [5, 5.41) is 8.79. The van der Waals surface area contributed by atoms with Crippen molar-refractivity contribution < 1.29 is 8.42 Å². The number of rotatable bonds is 5. The zero-order valence-electron chi connectivity index (χ0n) is 10.3. The molecule has 0 bridgehead atoms. The van der Waals surface area contributed by atoms with Crippen LogP contribution in [0.5, 0.6) is 0 Å². The molecule has 0 saturated carbocycles. The van der Waals surface area contributed by atoms with Gasteiger partial charge in [-0.05, 0) is 24.1 Å². The maximum atomic E-state index is 12.1. The minimum absolute atomic E-state index is 0.0101. The van der Waals surface area contributed by atoms with Gasteiger partial charge in [0.15, 0.2) is 0 Å². The van der Waals surface area contributed by atoms with Crippen molar-refractivity contribution in [3.63, 3.8) is 0 Å². The fourth-order valence-corrected chi connectivity index (χ4v) is 3.18. The Kier molecular flexibility index (Phi) is 5.00. The highest BCUT2D eigenvalue weighted by Gasteiger charge is 2.21. The molecule has 0 aromatic heterocycles. The van der Waals surface area contributed by atoms with E-state index in [9.17, 15) is 8.42 Å². The third-order valence-corrected chi connectivity index (χ3v) is 5.08. The smallest absolute Gasteiger partial charge is 0.235 e. The first-order valence-corrected chi connectivity index (χ1v) is 7.58. The van der Waals surface area contributed by atoms with Gasteiger partial charge in [-0.1, -0.05) is 13.0 Å². The molecule has 98 valence electrons. The highest BCUT2D eigenvalue weighted by atomic mass is 35.5. The molecule has 1 atom stereocenters. The van der Waals surface area contributed by atoms with E-state index in [-0.39, 0.29) is 11.7 Å². The van der Waals surface area contributed by atoms with Gasteiger partial charge in [0.2, 0.25) is 10.0 Å². The van der Waals surface area contributed by atoms with Crippen LogP contribution in [0.3, 0.4) is 0 Å². The zero-order valence-corrected chi connectivity index (χ0v) is 11.9. The Labute approximate surface area is 113 Å². The Bertz CT molecular complexity index is 551. The van der Waals surface area contributed by atoms with Crippen molar-refractivity contribution in [2.45, 2.75) is 6.92 Å². The number of hydrogen-bond acceptors (Lipinski definition) is 3. The largest absolute Gasteiger partial charge is 0.273 e. The predicted octanol–water partition coefficient (Wildman–Crippen LogP) is 2.20. The van der Waals surface area contributed by atoms with E-state index in [1.54, 1.807) is 31.2 Å². The van der Waals surface area contributed by atoms with Gasteiger partial charge in [0.25, 0.3) is 0 Å². The van der Waals surface area contributed by atoms with Crippen molar-refractivity contribution in [3.05, 3.63) is 29.8 Å². The summed E-state index contributed by atoms with van der Waals surface area (Å²) in [5.74, 6) is 0.174. The van der Waals surface area contributed by atoms with Gasteiger partial charge in [0.1, 0.15) is 0 Å². The van der Waals surface area contributed by atoms with Gasteiger partial charge < -0.3 is 0 Å². The number of alkyl halides is 1. The molecule has 0 aliphatic carbocycles. The normalized spacial score (nSPS) is 12.8. The van der Waals surface area contributed by atoms with Gasteiger partial charge in [0, 0.05) is 12.9 Å². The number of nitriles is 1. The van der Waals surface area contributed by atoms with Crippen LogP contribution in [-0.2, 0) is 10.0 Å². The van der Waals surface area contributed by atoms with Gasteiger partial charge in [0.05, 0.1) is 23.1 Å². The van der Waals surface area contributed by atoms with Crippen molar-refractivity contribution >= 4 is 27.3 Å². The first-order chi connectivity index (χ1) is 8.40. The van der Waals surface area contributed by atoms with Gasteiger partial charge in [-0.3, -0.25) is 4.31 Å². The molecule has 0 fully saturated rings. The van der Waals surface area contributed by atoms with Crippen molar-refractivity contribution in [2.24, 2.45) is 5.92 Å². The van der Waals surface area contributed by atoms with Crippen LogP contribution in [0.4, 0.5) is 5.69 Å². The van der Waals surface area contributed by atoms with E-state index in [0.717, 1.165) is 0 Å². The number of halogens is 1. The molecule has 18 heavy (non-hydrogen) atoms. The molecular formula is C12H15ClN2O2S. The van der Waals surface area contributed by atoms with E-state index >= 15 is 0 Å². The third-order valence-electron chi connectivity index (χ3n) is 2.51. The number of hydrogen-bond donors (Lipinski definition) is 0. The number of sulfonamides is 1. The van der Waals surface area contributed by atoms with Gasteiger partial charge >= 0.3 is 0 Å². The van der Waals surface area contributed by atoms with E-state index in [1.165, 1.54) is 11.4 Å². The minimum Gasteiger partial charge on any atom is -0.273 e. The molecule has 0 radical (unpaired) electrons. The van der Waals surface area contributed by atoms with E-state index in [2.05, 4.69) is 0 Å². The Morgan fingerprint density at radius 2 is 2.17 bits per heavy atom. The van der Waals surface area contributed by atoms with Crippen LogP contribution in [0.2, 0.25) is 0 Å². The van der Waals surface area contributed by atoms with Gasteiger partial charge in [-0.25, -0.2) is 8.42 Å². The lowest BCUT2D eigenvalue weighted by molar-refractivity contribution is 0.581. The van der Waals surface area contributed by atoms with Crippen molar-refractivity contribution in [3.8, 4) is 6.07 Å². The number of benzene rings is 1. The summed E-state index contributed by atoms with van der Waals surface area (Å²) in [7, 11) is -1.93. The Hall–Kier alpha value is -1.25. The minimum atomic E-state index is -3.41. The fourth-order valence-electron chi connectivity index (χ4n) is 1.45. The molecule has 0 amide bonds. The first-order valence-electron chi connectivity index (χ1n) is 5.43. The maximum Gasteiger partial charge on any atom is 0.235 e. The van der Waals surface area contributed by atoms with E-state index in [1.807, 2.05) is 6.07 Å². The summed E-state index contributed by atoms with van der Waals surface area (Å²) in [6.07, 6.45) is 0. The molecule has 4 nitrogen and oxygen atoms in total. The van der Waals surface area contributed by atoms with Crippen molar-refractivity contribution in [1.82, 2.24) is 0 Å². The lowest BCUT2D eigenvalue weighted by atomic mass is 10.2. The van der Waals surface area contributed by atoms with E-state index < -0.39 is 10.0 Å². The SMILES string of the molecule is CC(CCl)CS(=O)(=O)N(C)c1cccc(C#N)c1. The van der Waals surface area contributed by atoms with E-state index in [4.69, 9.17) is 16.9 Å². The molecule has 0 aliphatic rings. The van der Waals surface area contributed by atoms with Crippen molar-refractivity contribution in [2.75, 3.05) is 23.0 Å². The van der Waals surface area contributed by atoms with Crippen LogP contribution in [0, 0.1) is 17.2 Å². The molecule has 0 aliphatic heterocycles. The molecule has 1 aromatic rings. The average molecular weight is 287 g/mol. The molecule has 0 spiro atoms. The number of anilines is 1. The summed E-state index contributed by atoms with van der Waals surface area (Å²) in [6, 6.07) is 8.47. The second-order valence-electron chi connectivity index (χ2n) is 4.17. The summed E-state index contributed by atoms with van der Waals surface area (Å²) >= 11 is 5.63. The molecule has 1 unspecified atom stereocenters. The monoisotopic (exact) mass is 286 g/mol. The molecule has 0 saturated heterocycles. The predicted molar refractivity (Wildman–Crippen MR) is 73.2 cm³/mol. The third kappa shape index (κ3) is 3.62. The van der Waals surface area contributed by atoms with Crippen LogP contribution in [0.15, 0.2) is 24.3 Å². The van der Waals surface area contributed by atoms with Crippen LogP contribution in [-0.4, -0.2) is 27.1 Å². The summed E-state index contributed by atoms with van der Waals surface area (Å²) in [5.41, 5.74) is 0.913. The first kappa shape index (κ1) is 14.8. The summed E-state index contributed by atoms with van der Waals surface area (Å²) < 4.78 is 25.4. The summed E-state index contributed by atoms with van der Waals surface area (Å²) in [6.45, 7) is 1.78. The molecule has 6 heteroatoms. The molecule has 0 N–H and O–H groups in total. The zero-order chi connectivity index (χ0) is 13.8. The van der Waals surface area contributed by atoms with E-state index in [0.29, 0.717) is 17.1 Å². The molecule has 0 heterocycles. The number of nitrogens with zero attached hydrogens (tertiary/aromatic N) is 2. The van der Waals surface area contributed by atoms with Gasteiger partial charge in [-0.2, -0.15) is 5.26 Å². The van der Waals surface area contributed by atoms with Crippen LogP contribution < -0.4 is 4.31 Å². The second kappa shape index (κ2) is 6.07. The van der Waals surface area contributed by atoms with Crippen molar-refractivity contribution in [1.29, 1.82) is 5.26 Å². The maximum absolute atomic E-state index is 12.1. The average Bonchev–Trinajstić information content (AvgIpc) is 2.37. The Morgan fingerprint density at radius 1 is 1.50 bits per heavy atom. The molecular weight excluding hydrogens is 272 g/mol. The second-order valence-corrected chi connectivity index (χ2v) is 6.52. The molecule has 1 rings (SSSR count). The lowest BCUT2D eigenvalue weighted by Crippen LogP contribution is -2.31.